The smallest absolute Gasteiger partial charge is 0.317 e. The van der Waals surface area contributed by atoms with E-state index in [1.807, 2.05) is 30.1 Å². The van der Waals surface area contributed by atoms with Crippen molar-refractivity contribution < 1.29 is 14.3 Å². The molecule has 1 aromatic heterocycles. The Morgan fingerprint density at radius 3 is 2.68 bits per heavy atom. The highest BCUT2D eigenvalue weighted by molar-refractivity contribution is 5.97. The summed E-state index contributed by atoms with van der Waals surface area (Å²) in [7, 11) is 5.50. The molecule has 168 valence electrons. The van der Waals surface area contributed by atoms with Crippen LogP contribution in [0.4, 0.5) is 4.79 Å². The van der Waals surface area contributed by atoms with Gasteiger partial charge in [0, 0.05) is 66.0 Å². The van der Waals surface area contributed by atoms with Crippen molar-refractivity contribution in [1.82, 2.24) is 29.6 Å². The molecule has 2 aromatic rings. The largest absolute Gasteiger partial charge is 0.376 e. The quantitative estimate of drug-likeness (QED) is 0.776. The van der Waals surface area contributed by atoms with E-state index in [4.69, 9.17) is 9.72 Å². The topological polar surface area (TPSA) is 82.9 Å². The zero-order chi connectivity index (χ0) is 22.0. The van der Waals surface area contributed by atoms with E-state index in [-0.39, 0.29) is 18.0 Å². The van der Waals surface area contributed by atoms with Gasteiger partial charge in [0.15, 0.2) is 0 Å². The average molecular weight is 429 g/mol. The zero-order valence-electron chi connectivity index (χ0n) is 18.6. The fourth-order valence-corrected chi connectivity index (χ4v) is 4.21. The van der Waals surface area contributed by atoms with Crippen LogP contribution in [0.3, 0.4) is 0 Å². The third-order valence-corrected chi connectivity index (χ3v) is 6.16. The molecule has 4 rings (SSSR count). The number of hydrogen-bond donors (Lipinski definition) is 1. The number of carbonyl (C=O) groups is 2. The van der Waals surface area contributed by atoms with Gasteiger partial charge in [0.25, 0.3) is 5.91 Å². The summed E-state index contributed by atoms with van der Waals surface area (Å²) in [4.78, 5) is 35.2. The zero-order valence-corrected chi connectivity index (χ0v) is 18.6. The van der Waals surface area contributed by atoms with Gasteiger partial charge in [0.05, 0.1) is 23.7 Å². The molecule has 9 nitrogen and oxygen atoms in total. The van der Waals surface area contributed by atoms with Crippen molar-refractivity contribution in [2.24, 2.45) is 7.05 Å². The second-order valence-electron chi connectivity index (χ2n) is 8.57. The van der Waals surface area contributed by atoms with Crippen LogP contribution in [0.25, 0.3) is 11.0 Å². The van der Waals surface area contributed by atoms with Crippen molar-refractivity contribution in [1.29, 1.82) is 0 Å². The molecule has 0 spiro atoms. The number of amides is 3. The van der Waals surface area contributed by atoms with Gasteiger partial charge in [-0.05, 0) is 31.0 Å². The lowest BCUT2D eigenvalue weighted by Crippen LogP contribution is -2.52. The van der Waals surface area contributed by atoms with Crippen LogP contribution in [0.1, 0.15) is 29.0 Å². The number of urea groups is 1. The van der Waals surface area contributed by atoms with Gasteiger partial charge in [-0.25, -0.2) is 9.78 Å². The average Bonchev–Trinajstić information content (AvgIpc) is 3.40. The predicted molar refractivity (Wildman–Crippen MR) is 118 cm³/mol. The number of carbonyl (C=O) groups excluding carboxylic acids is 2. The number of aryl methyl sites for hydroxylation is 1. The molecule has 2 fully saturated rings. The number of piperazine rings is 1. The molecule has 9 heteroatoms. The lowest BCUT2D eigenvalue weighted by molar-refractivity contribution is 0.0827. The van der Waals surface area contributed by atoms with Crippen molar-refractivity contribution in [3.63, 3.8) is 0 Å². The molecule has 31 heavy (non-hydrogen) atoms. The van der Waals surface area contributed by atoms with E-state index in [9.17, 15) is 9.59 Å². The summed E-state index contributed by atoms with van der Waals surface area (Å²) in [6.45, 7) is 5.12. The van der Waals surface area contributed by atoms with E-state index in [1.54, 1.807) is 19.0 Å². The first-order valence-electron chi connectivity index (χ1n) is 11.0. The number of rotatable bonds is 5. The maximum absolute atomic E-state index is 12.4. The molecule has 3 heterocycles. The van der Waals surface area contributed by atoms with Crippen LogP contribution in [0.5, 0.6) is 0 Å². The second-order valence-corrected chi connectivity index (χ2v) is 8.57. The van der Waals surface area contributed by atoms with Gasteiger partial charge >= 0.3 is 6.03 Å². The Labute approximate surface area is 182 Å². The van der Waals surface area contributed by atoms with Crippen LogP contribution >= 0.6 is 0 Å². The normalized spacial score (nSPS) is 19.7. The molecule has 0 saturated carbocycles. The Morgan fingerprint density at radius 2 is 2.00 bits per heavy atom. The van der Waals surface area contributed by atoms with Gasteiger partial charge in [0.1, 0.15) is 5.82 Å². The van der Waals surface area contributed by atoms with E-state index < -0.39 is 0 Å². The first-order valence-corrected chi connectivity index (χ1v) is 11.0. The van der Waals surface area contributed by atoms with Crippen LogP contribution in [0.2, 0.25) is 0 Å². The van der Waals surface area contributed by atoms with Gasteiger partial charge < -0.3 is 24.4 Å². The Bertz CT molecular complexity index is 942. The monoisotopic (exact) mass is 428 g/mol. The van der Waals surface area contributed by atoms with Gasteiger partial charge in [0.2, 0.25) is 0 Å². The number of aromatic nitrogens is 2. The minimum atomic E-state index is -0.0250. The Hall–Kier alpha value is -2.65. The third-order valence-electron chi connectivity index (χ3n) is 6.16. The van der Waals surface area contributed by atoms with Gasteiger partial charge in [-0.1, -0.05) is 0 Å². The molecule has 3 amide bonds. The summed E-state index contributed by atoms with van der Waals surface area (Å²) in [6.07, 6.45) is 2.27. The number of benzene rings is 1. The maximum Gasteiger partial charge on any atom is 0.317 e. The first-order chi connectivity index (χ1) is 14.9. The summed E-state index contributed by atoms with van der Waals surface area (Å²) in [5, 5.41) is 3.00. The van der Waals surface area contributed by atoms with Crippen LogP contribution < -0.4 is 5.32 Å². The highest BCUT2D eigenvalue weighted by Crippen LogP contribution is 2.19. The molecule has 2 aliphatic heterocycles. The van der Waals surface area contributed by atoms with Crippen molar-refractivity contribution in [3.05, 3.63) is 29.6 Å². The van der Waals surface area contributed by atoms with Crippen LogP contribution in [0, 0.1) is 0 Å². The summed E-state index contributed by atoms with van der Waals surface area (Å²) in [6, 6.07) is 5.66. The number of ether oxygens (including phenoxy) is 1. The Kier molecular flexibility index (Phi) is 6.43. The van der Waals surface area contributed by atoms with E-state index in [2.05, 4.69) is 14.8 Å². The van der Waals surface area contributed by atoms with E-state index in [0.29, 0.717) is 31.7 Å². The van der Waals surface area contributed by atoms with Crippen LogP contribution in [-0.2, 0) is 18.3 Å². The number of nitrogens with zero attached hydrogens (tertiary/aromatic N) is 5. The SMILES string of the molecule is CN(C)C(=O)c1ccc2c(c1)nc(CN1CCN(C(=O)NCC3CCCO3)CC1)n2C. The van der Waals surface area contributed by atoms with Crippen molar-refractivity contribution in [2.45, 2.75) is 25.5 Å². The van der Waals surface area contributed by atoms with E-state index >= 15 is 0 Å². The molecular formula is C22H32N6O3. The molecular weight excluding hydrogens is 396 g/mol. The fraction of sp³-hybridized carbons (Fsp3) is 0.591. The van der Waals surface area contributed by atoms with Gasteiger partial charge in [-0.15, -0.1) is 0 Å². The van der Waals surface area contributed by atoms with Crippen molar-refractivity contribution in [2.75, 3.05) is 53.4 Å². The summed E-state index contributed by atoms with van der Waals surface area (Å²) < 4.78 is 7.65. The number of fused-ring (bicyclic) bond motifs is 1. The molecule has 1 N–H and O–H groups in total. The van der Waals surface area contributed by atoms with Crippen LogP contribution in [-0.4, -0.2) is 95.7 Å². The molecule has 0 aliphatic carbocycles. The molecule has 1 aromatic carbocycles. The lowest BCUT2D eigenvalue weighted by Gasteiger charge is -2.34. The standard InChI is InChI=1S/C22H32N6O3/c1-25(2)21(29)16-6-7-19-18(13-16)24-20(26(19)3)15-27-8-10-28(11-9-27)22(30)23-14-17-5-4-12-31-17/h6-7,13,17H,4-5,8-12,14-15H2,1-3H3,(H,23,30). The predicted octanol–water partition coefficient (Wildman–Crippen LogP) is 1.28. The molecule has 1 atom stereocenters. The number of hydrogen-bond acceptors (Lipinski definition) is 5. The number of imidazole rings is 1. The molecule has 0 radical (unpaired) electrons. The highest BCUT2D eigenvalue weighted by atomic mass is 16.5. The summed E-state index contributed by atoms with van der Waals surface area (Å²) >= 11 is 0. The molecule has 2 aliphatic rings. The Morgan fingerprint density at radius 1 is 1.23 bits per heavy atom. The maximum atomic E-state index is 12.4. The molecule has 0 bridgehead atoms. The second kappa shape index (κ2) is 9.23. The minimum Gasteiger partial charge on any atom is -0.376 e. The molecule has 2 saturated heterocycles. The van der Waals surface area contributed by atoms with E-state index in [1.165, 1.54) is 0 Å². The summed E-state index contributed by atoms with van der Waals surface area (Å²) in [5.74, 6) is 0.934. The van der Waals surface area contributed by atoms with E-state index in [0.717, 1.165) is 49.4 Å². The fourth-order valence-electron chi connectivity index (χ4n) is 4.21. The lowest BCUT2D eigenvalue weighted by atomic mass is 10.2. The highest BCUT2D eigenvalue weighted by Gasteiger charge is 2.24. The Balaban J connectivity index is 1.33. The van der Waals surface area contributed by atoms with Crippen molar-refractivity contribution >= 4 is 23.0 Å². The van der Waals surface area contributed by atoms with Gasteiger partial charge in [-0.3, -0.25) is 9.69 Å². The first kappa shape index (κ1) is 21.6. The molecule has 1 unspecified atom stereocenters. The van der Waals surface area contributed by atoms with Crippen molar-refractivity contribution in [3.8, 4) is 0 Å². The minimum absolute atomic E-state index is 0.00373. The number of nitrogens with one attached hydrogen (secondary N) is 1. The summed E-state index contributed by atoms with van der Waals surface area (Å²) in [5.41, 5.74) is 2.49. The van der Waals surface area contributed by atoms with Crippen LogP contribution in [0.15, 0.2) is 18.2 Å². The third kappa shape index (κ3) is 4.83. The van der Waals surface area contributed by atoms with Gasteiger partial charge in [-0.2, -0.15) is 0 Å².